The lowest BCUT2D eigenvalue weighted by Gasteiger charge is -2.22. The molecule has 0 spiro atoms. The van der Waals surface area contributed by atoms with Crippen LogP contribution < -0.4 is 5.32 Å². The summed E-state index contributed by atoms with van der Waals surface area (Å²) in [5, 5.41) is 8.40. The normalized spacial score (nSPS) is 12.8. The average Bonchev–Trinajstić information content (AvgIpc) is 2.98. The summed E-state index contributed by atoms with van der Waals surface area (Å²) in [4.78, 5) is 1.40. The molecular weight excluding hydrogens is 262 g/mol. The van der Waals surface area contributed by atoms with E-state index in [1.54, 1.807) is 0 Å². The molecule has 1 nitrogen and oxygen atoms in total. The second-order valence-electron chi connectivity index (χ2n) is 5.44. The highest BCUT2D eigenvalue weighted by Gasteiger charge is 2.16. The van der Waals surface area contributed by atoms with Crippen molar-refractivity contribution in [2.24, 2.45) is 5.92 Å². The van der Waals surface area contributed by atoms with Crippen LogP contribution in [0.3, 0.4) is 0 Å². The number of benzene rings is 2. The summed E-state index contributed by atoms with van der Waals surface area (Å²) in [5.74, 6) is 0.556. The fourth-order valence-corrected chi connectivity index (χ4v) is 3.44. The third-order valence-electron chi connectivity index (χ3n) is 3.59. The van der Waals surface area contributed by atoms with Crippen molar-refractivity contribution in [1.82, 2.24) is 0 Å². The van der Waals surface area contributed by atoms with Crippen LogP contribution in [0.2, 0.25) is 0 Å². The number of hydrogen-bond acceptors (Lipinski definition) is 2. The van der Waals surface area contributed by atoms with Gasteiger partial charge in [-0.15, -0.1) is 11.3 Å². The predicted molar refractivity (Wildman–Crippen MR) is 89.5 cm³/mol. The van der Waals surface area contributed by atoms with Crippen LogP contribution in [-0.4, -0.2) is 0 Å². The second kappa shape index (κ2) is 5.68. The Bertz CT molecular complexity index is 685. The summed E-state index contributed by atoms with van der Waals surface area (Å²) in [6, 6.07) is 19.8. The van der Waals surface area contributed by atoms with Gasteiger partial charge in [-0.3, -0.25) is 0 Å². The minimum atomic E-state index is 0.371. The maximum absolute atomic E-state index is 3.68. The first kappa shape index (κ1) is 13.2. The third-order valence-corrected chi connectivity index (χ3v) is 4.54. The standard InChI is InChI=1S/C18H19NS/c1-13(2)18(17-8-5-11-20-17)19-16-10-9-14-6-3-4-7-15(14)12-16/h3-13,18-19H,1-2H3. The molecule has 0 aliphatic heterocycles. The lowest BCUT2D eigenvalue weighted by atomic mass is 10.0. The predicted octanol–water partition coefficient (Wildman–Crippen LogP) is 5.71. The molecular formula is C18H19NS. The lowest BCUT2D eigenvalue weighted by molar-refractivity contribution is 0.554. The number of thiophene rings is 1. The van der Waals surface area contributed by atoms with Gasteiger partial charge < -0.3 is 5.32 Å². The molecule has 1 atom stereocenters. The zero-order valence-corrected chi connectivity index (χ0v) is 12.7. The van der Waals surface area contributed by atoms with Gasteiger partial charge in [-0.05, 0) is 40.3 Å². The van der Waals surface area contributed by atoms with E-state index in [0.717, 1.165) is 0 Å². The fourth-order valence-electron chi connectivity index (χ4n) is 2.49. The van der Waals surface area contributed by atoms with Gasteiger partial charge in [0.05, 0.1) is 6.04 Å². The van der Waals surface area contributed by atoms with Gasteiger partial charge >= 0.3 is 0 Å². The van der Waals surface area contributed by atoms with Crippen LogP contribution >= 0.6 is 11.3 Å². The molecule has 3 aromatic rings. The van der Waals surface area contributed by atoms with Gasteiger partial charge in [0.25, 0.3) is 0 Å². The number of nitrogens with one attached hydrogen (secondary N) is 1. The summed E-state index contributed by atoms with van der Waals surface area (Å²) >= 11 is 1.82. The minimum Gasteiger partial charge on any atom is -0.377 e. The summed E-state index contributed by atoms with van der Waals surface area (Å²) < 4.78 is 0. The van der Waals surface area contributed by atoms with Crippen LogP contribution in [0.15, 0.2) is 60.0 Å². The highest BCUT2D eigenvalue weighted by Crippen LogP contribution is 2.30. The Balaban J connectivity index is 1.90. The van der Waals surface area contributed by atoms with E-state index in [9.17, 15) is 0 Å². The molecule has 1 N–H and O–H groups in total. The maximum Gasteiger partial charge on any atom is 0.0629 e. The maximum atomic E-state index is 3.68. The molecule has 3 rings (SSSR count). The van der Waals surface area contributed by atoms with E-state index in [1.807, 2.05) is 11.3 Å². The SMILES string of the molecule is CC(C)C(Nc1ccc2ccccc2c1)c1cccs1. The molecule has 0 amide bonds. The van der Waals surface area contributed by atoms with Crippen LogP contribution in [0.1, 0.15) is 24.8 Å². The molecule has 0 saturated carbocycles. The van der Waals surface area contributed by atoms with Gasteiger partial charge in [0.15, 0.2) is 0 Å². The van der Waals surface area contributed by atoms with Crippen LogP contribution in [-0.2, 0) is 0 Å². The largest absolute Gasteiger partial charge is 0.377 e. The summed E-state index contributed by atoms with van der Waals surface area (Å²) in [6.45, 7) is 4.52. The minimum absolute atomic E-state index is 0.371. The molecule has 20 heavy (non-hydrogen) atoms. The highest BCUT2D eigenvalue weighted by atomic mass is 32.1. The lowest BCUT2D eigenvalue weighted by Crippen LogP contribution is -2.15. The quantitative estimate of drug-likeness (QED) is 0.645. The first-order valence-electron chi connectivity index (χ1n) is 7.03. The first-order chi connectivity index (χ1) is 9.74. The Kier molecular flexibility index (Phi) is 3.75. The second-order valence-corrected chi connectivity index (χ2v) is 6.42. The van der Waals surface area contributed by atoms with Crippen molar-refractivity contribution in [1.29, 1.82) is 0 Å². The summed E-state index contributed by atoms with van der Waals surface area (Å²) in [6.07, 6.45) is 0. The van der Waals surface area contributed by atoms with Gasteiger partial charge in [-0.2, -0.15) is 0 Å². The number of anilines is 1. The molecule has 1 unspecified atom stereocenters. The van der Waals surface area contributed by atoms with E-state index >= 15 is 0 Å². The highest BCUT2D eigenvalue weighted by molar-refractivity contribution is 7.10. The van der Waals surface area contributed by atoms with Crippen molar-refractivity contribution in [2.75, 3.05) is 5.32 Å². The third kappa shape index (κ3) is 2.70. The molecule has 0 bridgehead atoms. The molecule has 0 radical (unpaired) electrons. The molecule has 2 heteroatoms. The van der Waals surface area contributed by atoms with Crippen molar-refractivity contribution < 1.29 is 0 Å². The zero-order chi connectivity index (χ0) is 13.9. The Morgan fingerprint density at radius 1 is 0.900 bits per heavy atom. The zero-order valence-electron chi connectivity index (χ0n) is 11.8. The topological polar surface area (TPSA) is 12.0 Å². The molecule has 2 aromatic carbocycles. The van der Waals surface area contributed by atoms with Crippen molar-refractivity contribution in [3.8, 4) is 0 Å². The van der Waals surface area contributed by atoms with Crippen LogP contribution in [0.5, 0.6) is 0 Å². The van der Waals surface area contributed by atoms with Crippen molar-refractivity contribution in [3.63, 3.8) is 0 Å². The number of hydrogen-bond donors (Lipinski definition) is 1. The molecule has 0 aliphatic rings. The molecule has 1 heterocycles. The van der Waals surface area contributed by atoms with Crippen molar-refractivity contribution in [2.45, 2.75) is 19.9 Å². The van der Waals surface area contributed by atoms with Gasteiger partial charge in [-0.25, -0.2) is 0 Å². The monoisotopic (exact) mass is 281 g/mol. The van der Waals surface area contributed by atoms with E-state index in [4.69, 9.17) is 0 Å². The molecule has 0 saturated heterocycles. The molecule has 0 aliphatic carbocycles. The number of fused-ring (bicyclic) bond motifs is 1. The van der Waals surface area contributed by atoms with Gasteiger partial charge in [0.1, 0.15) is 0 Å². The van der Waals surface area contributed by atoms with Crippen LogP contribution in [0.4, 0.5) is 5.69 Å². The summed E-state index contributed by atoms with van der Waals surface area (Å²) in [7, 11) is 0. The molecule has 102 valence electrons. The van der Waals surface area contributed by atoms with Gasteiger partial charge in [0.2, 0.25) is 0 Å². The molecule has 0 fully saturated rings. The Morgan fingerprint density at radius 2 is 1.70 bits per heavy atom. The Labute approximate surface area is 124 Å². The van der Waals surface area contributed by atoms with Crippen molar-refractivity contribution >= 4 is 27.8 Å². The summed E-state index contributed by atoms with van der Waals surface area (Å²) in [5.41, 5.74) is 1.19. The Hall–Kier alpha value is -1.80. The smallest absolute Gasteiger partial charge is 0.0629 e. The Morgan fingerprint density at radius 3 is 2.40 bits per heavy atom. The van der Waals surface area contributed by atoms with Gasteiger partial charge in [-0.1, -0.05) is 50.2 Å². The first-order valence-corrected chi connectivity index (χ1v) is 7.91. The van der Waals surface area contributed by atoms with E-state index in [2.05, 4.69) is 79.1 Å². The fraction of sp³-hybridized carbons (Fsp3) is 0.222. The van der Waals surface area contributed by atoms with E-state index < -0.39 is 0 Å². The van der Waals surface area contributed by atoms with E-state index in [0.29, 0.717) is 12.0 Å². The van der Waals surface area contributed by atoms with Crippen LogP contribution in [0.25, 0.3) is 10.8 Å². The van der Waals surface area contributed by atoms with E-state index in [-0.39, 0.29) is 0 Å². The average molecular weight is 281 g/mol. The number of rotatable bonds is 4. The molecule has 1 aromatic heterocycles. The van der Waals surface area contributed by atoms with Gasteiger partial charge in [0, 0.05) is 10.6 Å². The van der Waals surface area contributed by atoms with Crippen molar-refractivity contribution in [3.05, 3.63) is 64.9 Å². The van der Waals surface area contributed by atoms with E-state index in [1.165, 1.54) is 21.3 Å². The van der Waals surface area contributed by atoms with Crippen LogP contribution in [0, 0.1) is 5.92 Å².